The second kappa shape index (κ2) is 17.9. The van der Waals surface area contributed by atoms with Gasteiger partial charge in [-0.05, 0) is 93.5 Å². The molecule has 1 N–H and O–H groups in total. The lowest BCUT2D eigenvalue weighted by Crippen LogP contribution is -2.46. The van der Waals surface area contributed by atoms with Crippen molar-refractivity contribution in [1.29, 1.82) is 0 Å². The average Bonchev–Trinajstić information content (AvgIpc) is 3.42. The summed E-state index contributed by atoms with van der Waals surface area (Å²) in [7, 11) is -2.76. The predicted octanol–water partition coefficient (Wildman–Crippen LogP) is 7.71. The van der Waals surface area contributed by atoms with Crippen molar-refractivity contribution in [2.24, 2.45) is 5.92 Å². The van der Waals surface area contributed by atoms with Gasteiger partial charge in [0, 0.05) is 55.2 Å². The van der Waals surface area contributed by atoms with Gasteiger partial charge in [0.25, 0.3) is 21.8 Å². The lowest BCUT2D eigenvalue weighted by atomic mass is 10.0. The molecular weight excluding hydrogens is 740 g/mol. The van der Waals surface area contributed by atoms with E-state index in [1.807, 2.05) is 61.4 Å². The van der Waals surface area contributed by atoms with Gasteiger partial charge in [-0.1, -0.05) is 56.5 Å². The molecule has 296 valence electrons. The monoisotopic (exact) mass is 792 g/mol. The summed E-state index contributed by atoms with van der Waals surface area (Å²) in [6, 6.07) is 15.0. The van der Waals surface area contributed by atoms with E-state index in [-0.39, 0.29) is 46.2 Å². The van der Waals surface area contributed by atoms with Crippen molar-refractivity contribution < 1.29 is 32.3 Å². The first-order chi connectivity index (χ1) is 26.1. The Morgan fingerprint density at radius 3 is 2.33 bits per heavy atom. The molecule has 0 bridgehead atoms. The molecule has 2 heterocycles. The van der Waals surface area contributed by atoms with Crippen LogP contribution in [-0.2, 0) is 21.4 Å². The molecule has 0 aliphatic carbocycles. The number of para-hydroxylation sites is 1. The van der Waals surface area contributed by atoms with Crippen molar-refractivity contribution in [3.8, 4) is 11.5 Å². The van der Waals surface area contributed by atoms with Gasteiger partial charge < -0.3 is 23.8 Å². The van der Waals surface area contributed by atoms with Gasteiger partial charge in [-0.25, -0.2) is 13.1 Å². The maximum atomic E-state index is 13.9. The van der Waals surface area contributed by atoms with Crippen molar-refractivity contribution >= 4 is 50.2 Å². The zero-order chi connectivity index (χ0) is 40.0. The summed E-state index contributed by atoms with van der Waals surface area (Å²) in [5.74, 6) is -0.218. The first kappa shape index (κ1) is 41.6. The number of aryl methyl sites for hydroxylation is 3. The van der Waals surface area contributed by atoms with Crippen LogP contribution in [0.3, 0.4) is 0 Å². The first-order valence-electron chi connectivity index (χ1n) is 18.9. The number of rotatable bonds is 9. The van der Waals surface area contributed by atoms with Crippen LogP contribution >= 0.6 is 11.6 Å². The van der Waals surface area contributed by atoms with E-state index in [4.69, 9.17) is 21.1 Å². The Morgan fingerprint density at radius 2 is 1.65 bits per heavy atom. The van der Waals surface area contributed by atoms with Gasteiger partial charge in [0.15, 0.2) is 0 Å². The van der Waals surface area contributed by atoms with Crippen molar-refractivity contribution in [3.63, 3.8) is 0 Å². The number of hydrogen-bond donors (Lipinski definition) is 1. The minimum absolute atomic E-state index is 0.0470. The third kappa shape index (κ3) is 9.64. The standard InChI is InChI=1S/C42H53ClN4O7S/c1-27(2)37-26-54-38-18-17-33(25-35(38)42(50)45(7)19-12-8-9-13-20-47(37)31(6)48)55(51,52)44-41(49)39-30(5)46(36-16-11-10-15-34(36)39)21-14-22-53-32-23-28(3)40(43)29(4)24-32/h10-11,15-18,23-25,27,37H,8-9,12-14,19-22,26H2,1-7H3,(H,44,49)/t37-/m1/s1. The number of carbonyl (C=O) groups excluding carboxylic acids is 3. The van der Waals surface area contributed by atoms with E-state index < -0.39 is 21.8 Å². The molecule has 0 radical (unpaired) electrons. The Kier molecular flexibility index (Phi) is 13.6. The molecule has 1 aliphatic rings. The van der Waals surface area contributed by atoms with Crippen LogP contribution in [0.5, 0.6) is 11.5 Å². The molecule has 11 nitrogen and oxygen atoms in total. The topological polar surface area (TPSA) is 127 Å². The third-order valence-corrected chi connectivity index (χ3v) is 12.3. The van der Waals surface area contributed by atoms with E-state index in [1.54, 1.807) is 37.9 Å². The van der Waals surface area contributed by atoms with Crippen LogP contribution in [0.4, 0.5) is 0 Å². The van der Waals surface area contributed by atoms with Crippen LogP contribution in [0.15, 0.2) is 59.5 Å². The number of amides is 3. The lowest BCUT2D eigenvalue weighted by molar-refractivity contribution is -0.133. The van der Waals surface area contributed by atoms with Crippen LogP contribution in [0, 0.1) is 26.7 Å². The number of hydrogen-bond acceptors (Lipinski definition) is 7. The highest BCUT2D eigenvalue weighted by molar-refractivity contribution is 7.90. The molecular formula is C42H53ClN4O7S. The molecule has 55 heavy (non-hydrogen) atoms. The summed E-state index contributed by atoms with van der Waals surface area (Å²) < 4.78 is 44.3. The number of ether oxygens (including phenoxy) is 2. The van der Waals surface area contributed by atoms with Crippen molar-refractivity contribution in [3.05, 3.63) is 87.6 Å². The van der Waals surface area contributed by atoms with E-state index in [0.29, 0.717) is 48.8 Å². The van der Waals surface area contributed by atoms with Gasteiger partial charge in [-0.2, -0.15) is 0 Å². The predicted molar refractivity (Wildman–Crippen MR) is 216 cm³/mol. The Morgan fingerprint density at radius 1 is 0.982 bits per heavy atom. The normalized spacial score (nSPS) is 16.1. The number of nitrogens with one attached hydrogen (secondary N) is 1. The molecule has 3 aromatic carbocycles. The average molecular weight is 793 g/mol. The number of nitrogens with zero attached hydrogens (tertiary/aromatic N) is 3. The second-order valence-electron chi connectivity index (χ2n) is 14.8. The highest BCUT2D eigenvalue weighted by atomic mass is 35.5. The Labute approximate surface area is 330 Å². The van der Waals surface area contributed by atoms with Crippen LogP contribution in [0.25, 0.3) is 10.9 Å². The Hall–Kier alpha value is -4.55. The minimum Gasteiger partial charge on any atom is -0.494 e. The summed E-state index contributed by atoms with van der Waals surface area (Å²) in [5.41, 5.74) is 3.59. The molecule has 1 aliphatic heterocycles. The fourth-order valence-electron chi connectivity index (χ4n) is 7.28. The number of benzene rings is 3. The fourth-order valence-corrected chi connectivity index (χ4v) is 8.37. The smallest absolute Gasteiger partial charge is 0.267 e. The molecule has 5 rings (SSSR count). The SMILES string of the molecule is CC(=O)N1CCCCCCN(C)C(=O)c2cc(S(=O)(=O)NC(=O)c3c(C)n(CCCOc4cc(C)c(Cl)c(C)c4)c4ccccc34)ccc2OC[C@@H]1C(C)C. The molecule has 0 unspecified atom stereocenters. The second-order valence-corrected chi connectivity index (χ2v) is 16.8. The number of aromatic nitrogens is 1. The maximum Gasteiger partial charge on any atom is 0.267 e. The van der Waals surface area contributed by atoms with Gasteiger partial charge in [0.05, 0.1) is 28.7 Å². The van der Waals surface area contributed by atoms with Gasteiger partial charge in [-0.3, -0.25) is 14.4 Å². The van der Waals surface area contributed by atoms with Crippen LogP contribution in [0.2, 0.25) is 5.02 Å². The van der Waals surface area contributed by atoms with E-state index in [0.717, 1.165) is 48.1 Å². The largest absolute Gasteiger partial charge is 0.494 e. The summed E-state index contributed by atoms with van der Waals surface area (Å²) in [6.07, 6.45) is 4.02. The first-order valence-corrected chi connectivity index (χ1v) is 20.8. The highest BCUT2D eigenvalue weighted by Crippen LogP contribution is 2.30. The molecule has 1 atom stereocenters. The highest BCUT2D eigenvalue weighted by Gasteiger charge is 2.29. The van der Waals surface area contributed by atoms with Gasteiger partial charge in [0.1, 0.15) is 18.1 Å². The molecule has 3 amide bonds. The molecule has 0 saturated heterocycles. The van der Waals surface area contributed by atoms with Crippen molar-refractivity contribution in [2.75, 3.05) is 33.4 Å². The van der Waals surface area contributed by atoms with E-state index in [1.165, 1.54) is 18.2 Å². The van der Waals surface area contributed by atoms with Gasteiger partial charge >= 0.3 is 0 Å². The molecule has 13 heteroatoms. The third-order valence-electron chi connectivity index (χ3n) is 10.4. The molecule has 0 saturated carbocycles. The maximum absolute atomic E-state index is 13.9. The van der Waals surface area contributed by atoms with Crippen LogP contribution in [-0.4, -0.2) is 79.9 Å². The van der Waals surface area contributed by atoms with E-state index in [2.05, 4.69) is 4.72 Å². The number of carbonyl (C=O) groups is 3. The molecule has 0 spiro atoms. The van der Waals surface area contributed by atoms with E-state index in [9.17, 15) is 22.8 Å². The number of fused-ring (bicyclic) bond motifs is 2. The fraction of sp³-hybridized carbons (Fsp3) is 0.452. The van der Waals surface area contributed by atoms with E-state index >= 15 is 0 Å². The van der Waals surface area contributed by atoms with Gasteiger partial charge in [0.2, 0.25) is 5.91 Å². The van der Waals surface area contributed by atoms with Crippen molar-refractivity contribution in [2.45, 2.75) is 91.1 Å². The quantitative estimate of drug-likeness (QED) is 0.172. The zero-order valence-corrected chi connectivity index (χ0v) is 34.5. The summed E-state index contributed by atoms with van der Waals surface area (Å²) >= 11 is 6.31. The van der Waals surface area contributed by atoms with Crippen molar-refractivity contribution in [1.82, 2.24) is 19.1 Å². The number of sulfonamides is 1. The molecule has 1 aromatic heterocycles. The summed E-state index contributed by atoms with van der Waals surface area (Å²) in [6.45, 7) is 13.4. The summed E-state index contributed by atoms with van der Waals surface area (Å²) in [5, 5.41) is 1.33. The minimum atomic E-state index is -4.44. The van der Waals surface area contributed by atoms with Crippen LogP contribution in [0.1, 0.15) is 90.4 Å². The Balaban J connectivity index is 1.39. The Bertz CT molecular complexity index is 2140. The number of halogens is 1. The molecule has 0 fully saturated rings. The molecule has 4 aromatic rings. The lowest BCUT2D eigenvalue weighted by Gasteiger charge is -2.34. The zero-order valence-electron chi connectivity index (χ0n) is 32.9. The van der Waals surface area contributed by atoms with Gasteiger partial charge in [-0.15, -0.1) is 0 Å². The van der Waals surface area contributed by atoms with Crippen LogP contribution < -0.4 is 14.2 Å². The summed E-state index contributed by atoms with van der Waals surface area (Å²) in [4.78, 5) is 43.6.